The fraction of sp³-hybridized carbons (Fsp3) is 0.474. The first kappa shape index (κ1) is 18.0. The molecule has 0 spiro atoms. The molecule has 2 N–H and O–H groups in total. The smallest absolute Gasteiger partial charge is 0.273 e. The Hall–Kier alpha value is -1.76. The van der Waals surface area contributed by atoms with Crippen LogP contribution in [0.1, 0.15) is 39.5 Å². The highest BCUT2D eigenvalue weighted by molar-refractivity contribution is 7.09. The van der Waals surface area contributed by atoms with Gasteiger partial charge in [-0.3, -0.25) is 4.79 Å². The maximum atomic E-state index is 12.9. The molecule has 25 heavy (non-hydrogen) atoms. The van der Waals surface area contributed by atoms with Crippen LogP contribution in [0.4, 0.5) is 0 Å². The number of rotatable bonds is 7. The summed E-state index contributed by atoms with van der Waals surface area (Å²) in [5.41, 5.74) is 8.59. The van der Waals surface area contributed by atoms with Gasteiger partial charge in [0.25, 0.3) is 5.91 Å². The molecule has 1 saturated heterocycles. The molecular weight excluding hydrogens is 334 g/mol. The van der Waals surface area contributed by atoms with Crippen molar-refractivity contribution in [2.75, 3.05) is 19.7 Å². The molecule has 1 atom stereocenters. The molecule has 1 aromatic carbocycles. The molecule has 1 aliphatic heterocycles. The van der Waals surface area contributed by atoms with Gasteiger partial charge >= 0.3 is 0 Å². The first-order valence-electron chi connectivity index (χ1n) is 8.76. The minimum absolute atomic E-state index is 0.0291. The number of hydrogen-bond acceptors (Lipinski definition) is 5. The third-order valence-corrected chi connectivity index (χ3v) is 5.34. The Morgan fingerprint density at radius 2 is 2.20 bits per heavy atom. The monoisotopic (exact) mass is 359 g/mol. The number of aromatic nitrogens is 1. The number of nitrogens with two attached hydrogens (primary N) is 1. The second kappa shape index (κ2) is 8.56. The zero-order valence-electron chi connectivity index (χ0n) is 14.6. The van der Waals surface area contributed by atoms with Gasteiger partial charge in [0.05, 0.1) is 6.10 Å². The Labute approximate surface area is 152 Å². The number of carbonyl (C=O) groups is 1. The Morgan fingerprint density at radius 3 is 2.84 bits per heavy atom. The highest BCUT2D eigenvalue weighted by Gasteiger charge is 2.24. The quantitative estimate of drug-likeness (QED) is 0.825. The van der Waals surface area contributed by atoms with E-state index in [1.807, 2.05) is 4.90 Å². The second-order valence-electron chi connectivity index (χ2n) is 6.45. The van der Waals surface area contributed by atoms with E-state index in [1.165, 1.54) is 22.5 Å². The summed E-state index contributed by atoms with van der Waals surface area (Å²) in [5, 5.41) is 2.60. The van der Waals surface area contributed by atoms with Crippen LogP contribution in [0.3, 0.4) is 0 Å². The van der Waals surface area contributed by atoms with Crippen molar-refractivity contribution in [2.45, 2.75) is 38.8 Å². The number of carbonyl (C=O) groups excluding carboxylic acids is 1. The van der Waals surface area contributed by atoms with Crippen LogP contribution < -0.4 is 5.73 Å². The Bertz CT molecular complexity index is 693. The lowest BCUT2D eigenvalue weighted by Gasteiger charge is -2.25. The third kappa shape index (κ3) is 4.87. The number of amides is 1. The van der Waals surface area contributed by atoms with Gasteiger partial charge in [-0.25, -0.2) is 4.98 Å². The molecule has 2 aromatic rings. The van der Waals surface area contributed by atoms with Crippen molar-refractivity contribution < 1.29 is 9.53 Å². The highest BCUT2D eigenvalue weighted by Crippen LogP contribution is 2.17. The summed E-state index contributed by atoms with van der Waals surface area (Å²) in [7, 11) is 0. The van der Waals surface area contributed by atoms with Gasteiger partial charge in [-0.05, 0) is 31.7 Å². The third-order valence-electron chi connectivity index (χ3n) is 4.47. The standard InChI is InChI=1S/C19H25N3O2S/c1-14-4-6-15(7-5-14)8-9-22(12-16-3-2-10-24-16)19(23)17-13-25-18(11-20)21-17/h4-7,13,16H,2-3,8-12,20H2,1H3. The Kier molecular flexibility index (Phi) is 6.18. The fourth-order valence-corrected chi connectivity index (χ4v) is 3.64. The molecule has 1 amide bonds. The first-order chi connectivity index (χ1) is 12.2. The van der Waals surface area contributed by atoms with Gasteiger partial charge in [-0.15, -0.1) is 11.3 Å². The molecule has 1 aliphatic rings. The van der Waals surface area contributed by atoms with Crippen LogP contribution in [0.2, 0.25) is 0 Å². The fourth-order valence-electron chi connectivity index (χ4n) is 2.99. The minimum Gasteiger partial charge on any atom is -0.376 e. The van der Waals surface area contributed by atoms with E-state index in [4.69, 9.17) is 10.5 Å². The summed E-state index contributed by atoms with van der Waals surface area (Å²) in [5.74, 6) is -0.0291. The molecule has 1 fully saturated rings. The molecular formula is C19H25N3O2S. The van der Waals surface area contributed by atoms with Crippen molar-refractivity contribution in [3.8, 4) is 0 Å². The average molecular weight is 359 g/mol. The van der Waals surface area contributed by atoms with Gasteiger partial charge in [-0.2, -0.15) is 0 Å². The van der Waals surface area contributed by atoms with Crippen LogP contribution in [0, 0.1) is 6.92 Å². The van der Waals surface area contributed by atoms with Gasteiger partial charge in [0, 0.05) is 31.6 Å². The van der Waals surface area contributed by atoms with Gasteiger partial charge in [0.2, 0.25) is 0 Å². The summed E-state index contributed by atoms with van der Waals surface area (Å²) >= 11 is 1.44. The van der Waals surface area contributed by atoms with Crippen LogP contribution in [0.25, 0.3) is 0 Å². The largest absolute Gasteiger partial charge is 0.376 e. The van der Waals surface area contributed by atoms with E-state index < -0.39 is 0 Å². The van der Waals surface area contributed by atoms with Gasteiger partial charge < -0.3 is 15.4 Å². The second-order valence-corrected chi connectivity index (χ2v) is 7.40. The number of thiazole rings is 1. The molecule has 1 unspecified atom stereocenters. The molecule has 0 aliphatic carbocycles. The van der Waals surface area contributed by atoms with Crippen molar-refractivity contribution in [3.63, 3.8) is 0 Å². The predicted molar refractivity (Wildman–Crippen MR) is 99.8 cm³/mol. The topological polar surface area (TPSA) is 68.5 Å². The van der Waals surface area contributed by atoms with Crippen LogP contribution in [0.5, 0.6) is 0 Å². The average Bonchev–Trinajstić information content (AvgIpc) is 3.31. The van der Waals surface area contributed by atoms with E-state index in [2.05, 4.69) is 36.2 Å². The van der Waals surface area contributed by atoms with E-state index in [1.54, 1.807) is 5.38 Å². The summed E-state index contributed by atoms with van der Waals surface area (Å²) < 4.78 is 5.73. The van der Waals surface area contributed by atoms with Crippen molar-refractivity contribution in [1.82, 2.24) is 9.88 Å². The molecule has 134 valence electrons. The van der Waals surface area contributed by atoms with Gasteiger partial charge in [0.15, 0.2) is 0 Å². The van der Waals surface area contributed by atoms with Crippen LogP contribution in [0.15, 0.2) is 29.6 Å². The van der Waals surface area contributed by atoms with Crippen molar-refractivity contribution in [3.05, 3.63) is 51.5 Å². The molecule has 0 saturated carbocycles. The summed E-state index contributed by atoms with van der Waals surface area (Å²) in [6, 6.07) is 8.46. The number of hydrogen-bond donors (Lipinski definition) is 1. The van der Waals surface area contributed by atoms with Crippen LogP contribution >= 0.6 is 11.3 Å². The summed E-state index contributed by atoms with van der Waals surface area (Å²) in [4.78, 5) is 19.1. The molecule has 5 nitrogen and oxygen atoms in total. The normalized spacial score (nSPS) is 17.0. The lowest BCUT2D eigenvalue weighted by atomic mass is 10.1. The number of benzene rings is 1. The van der Waals surface area contributed by atoms with Gasteiger partial charge in [-0.1, -0.05) is 29.8 Å². The minimum atomic E-state index is -0.0291. The SMILES string of the molecule is Cc1ccc(CCN(CC2CCCO2)C(=O)c2csc(CN)n2)cc1. The van der Waals surface area contributed by atoms with E-state index in [0.717, 1.165) is 30.9 Å². The first-order valence-corrected chi connectivity index (χ1v) is 9.64. The molecule has 0 bridgehead atoms. The highest BCUT2D eigenvalue weighted by atomic mass is 32.1. The molecule has 1 aromatic heterocycles. The van der Waals surface area contributed by atoms with Crippen LogP contribution in [-0.2, 0) is 17.7 Å². The number of ether oxygens (including phenoxy) is 1. The Balaban J connectivity index is 1.69. The summed E-state index contributed by atoms with van der Waals surface area (Å²) in [6.45, 7) is 4.53. The molecule has 6 heteroatoms. The van der Waals surface area contributed by atoms with E-state index >= 15 is 0 Å². The van der Waals surface area contributed by atoms with E-state index in [-0.39, 0.29) is 12.0 Å². The molecule has 2 heterocycles. The van der Waals surface area contributed by atoms with Crippen molar-refractivity contribution in [2.24, 2.45) is 5.73 Å². The zero-order chi connectivity index (χ0) is 17.6. The number of aryl methyl sites for hydroxylation is 1. The molecule has 0 radical (unpaired) electrons. The molecule has 3 rings (SSSR count). The maximum Gasteiger partial charge on any atom is 0.273 e. The number of nitrogens with zero attached hydrogens (tertiary/aromatic N) is 2. The maximum absolute atomic E-state index is 12.9. The van der Waals surface area contributed by atoms with Crippen molar-refractivity contribution >= 4 is 17.2 Å². The van der Waals surface area contributed by atoms with Gasteiger partial charge in [0.1, 0.15) is 10.7 Å². The predicted octanol–water partition coefficient (Wildman–Crippen LogP) is 2.77. The van der Waals surface area contributed by atoms with Crippen LogP contribution in [-0.4, -0.2) is 41.6 Å². The zero-order valence-corrected chi connectivity index (χ0v) is 15.4. The van der Waals surface area contributed by atoms with E-state index in [9.17, 15) is 4.79 Å². The van der Waals surface area contributed by atoms with E-state index in [0.29, 0.717) is 25.3 Å². The van der Waals surface area contributed by atoms with Crippen molar-refractivity contribution in [1.29, 1.82) is 0 Å². The lowest BCUT2D eigenvalue weighted by molar-refractivity contribution is 0.0525. The summed E-state index contributed by atoms with van der Waals surface area (Å²) in [6.07, 6.45) is 3.04. The Morgan fingerprint density at radius 1 is 1.40 bits per heavy atom. The lowest BCUT2D eigenvalue weighted by Crippen LogP contribution is -2.39.